The van der Waals surface area contributed by atoms with Crippen LogP contribution in [0.4, 0.5) is 0 Å². The van der Waals surface area contributed by atoms with E-state index in [1.54, 1.807) is 6.21 Å². The zero-order valence-electron chi connectivity index (χ0n) is 6.96. The van der Waals surface area contributed by atoms with Gasteiger partial charge in [-0.3, -0.25) is 0 Å². The van der Waals surface area contributed by atoms with Gasteiger partial charge in [-0.1, -0.05) is 6.92 Å². The monoisotopic (exact) mass is 152 g/mol. The van der Waals surface area contributed by atoms with Crippen LogP contribution < -0.4 is 5.73 Å². The Balaban J connectivity index is 1.92. The van der Waals surface area contributed by atoms with Crippen LogP contribution in [0.15, 0.2) is 0 Å². The van der Waals surface area contributed by atoms with Gasteiger partial charge in [0.2, 0.25) is 0 Å². The van der Waals surface area contributed by atoms with Gasteiger partial charge in [-0.05, 0) is 36.8 Å². The summed E-state index contributed by atoms with van der Waals surface area (Å²) < 4.78 is 0. The molecule has 0 amide bonds. The van der Waals surface area contributed by atoms with Crippen LogP contribution >= 0.6 is 0 Å². The van der Waals surface area contributed by atoms with Crippen molar-refractivity contribution in [3.05, 3.63) is 0 Å². The van der Waals surface area contributed by atoms with Crippen LogP contribution in [0.3, 0.4) is 0 Å². The van der Waals surface area contributed by atoms with Crippen molar-refractivity contribution < 1.29 is 0 Å². The van der Waals surface area contributed by atoms with Gasteiger partial charge in [0.25, 0.3) is 0 Å². The Morgan fingerprint density at radius 2 is 2.00 bits per heavy atom. The summed E-state index contributed by atoms with van der Waals surface area (Å²) in [6, 6.07) is 0.411. The van der Waals surface area contributed by atoms with E-state index in [-0.39, 0.29) is 0 Å². The topological polar surface area (TPSA) is 49.9 Å². The molecule has 2 aliphatic rings. The lowest BCUT2D eigenvalue weighted by atomic mass is 9.98. The lowest BCUT2D eigenvalue weighted by molar-refractivity contribution is 0.505. The summed E-state index contributed by atoms with van der Waals surface area (Å²) in [5.74, 6) is 2.82. The molecule has 0 saturated heterocycles. The van der Waals surface area contributed by atoms with Crippen molar-refractivity contribution in [2.75, 3.05) is 0 Å². The number of nitrogens with one attached hydrogen (secondary N) is 1. The van der Waals surface area contributed by atoms with Gasteiger partial charge in [0, 0.05) is 12.0 Å². The first kappa shape index (κ1) is 7.29. The predicted octanol–water partition coefficient (Wildman–Crippen LogP) is 1.26. The van der Waals surface area contributed by atoms with Gasteiger partial charge in [0.15, 0.2) is 0 Å². The van der Waals surface area contributed by atoms with Crippen LogP contribution in [0.1, 0.15) is 19.8 Å². The molecule has 0 heterocycles. The normalized spacial score (nSPS) is 50.0. The lowest BCUT2D eigenvalue weighted by Gasteiger charge is -2.08. The first-order valence-corrected chi connectivity index (χ1v) is 4.50. The van der Waals surface area contributed by atoms with E-state index in [0.29, 0.717) is 17.9 Å². The van der Waals surface area contributed by atoms with Gasteiger partial charge in [0.05, 0.1) is 0 Å². The molecule has 0 bridgehead atoms. The molecule has 2 unspecified atom stereocenters. The molecule has 0 radical (unpaired) electrons. The molecule has 0 aromatic carbocycles. The molecular weight excluding hydrogens is 136 g/mol. The average molecular weight is 152 g/mol. The van der Waals surface area contributed by atoms with Gasteiger partial charge >= 0.3 is 0 Å². The highest BCUT2D eigenvalue weighted by molar-refractivity contribution is 5.59. The molecular formula is C9H16N2. The fourth-order valence-electron chi connectivity index (χ4n) is 2.13. The molecule has 0 aromatic rings. The third-order valence-corrected chi connectivity index (χ3v) is 3.24. The van der Waals surface area contributed by atoms with E-state index in [0.717, 1.165) is 18.3 Å². The standard InChI is InChI=1S/C9H16N2/c1-5-2-6(5)8(4-10)7-3-9(7)11/h4-10H,2-3,11H2,1H3/t5-,6?,7?,8+,9+/m0/s1. The van der Waals surface area contributed by atoms with Gasteiger partial charge in [-0.2, -0.15) is 0 Å². The summed E-state index contributed by atoms with van der Waals surface area (Å²) in [5, 5.41) is 7.30. The van der Waals surface area contributed by atoms with E-state index in [4.69, 9.17) is 11.1 Å². The van der Waals surface area contributed by atoms with Gasteiger partial charge in [-0.15, -0.1) is 0 Å². The summed E-state index contributed by atoms with van der Waals surface area (Å²) in [5.41, 5.74) is 5.75. The van der Waals surface area contributed by atoms with E-state index < -0.39 is 0 Å². The molecule has 0 aliphatic heterocycles. The van der Waals surface area contributed by atoms with Gasteiger partial charge < -0.3 is 11.1 Å². The summed E-state index contributed by atoms with van der Waals surface area (Å²) in [6.07, 6.45) is 4.11. The molecule has 2 fully saturated rings. The minimum absolute atomic E-state index is 0.411. The zero-order chi connectivity index (χ0) is 8.01. The van der Waals surface area contributed by atoms with E-state index in [1.165, 1.54) is 6.42 Å². The summed E-state index contributed by atoms with van der Waals surface area (Å²) >= 11 is 0. The van der Waals surface area contributed by atoms with Crippen molar-refractivity contribution >= 4 is 6.21 Å². The summed E-state index contributed by atoms with van der Waals surface area (Å²) in [4.78, 5) is 0. The lowest BCUT2D eigenvalue weighted by Crippen LogP contribution is -2.14. The minimum Gasteiger partial charge on any atom is -0.327 e. The molecule has 2 saturated carbocycles. The highest BCUT2D eigenvalue weighted by Gasteiger charge is 2.49. The Bertz CT molecular complexity index is 162. The maximum atomic E-state index is 7.30. The number of hydrogen-bond acceptors (Lipinski definition) is 2. The molecule has 2 aliphatic carbocycles. The Kier molecular flexibility index (Phi) is 1.53. The second-order valence-electron chi connectivity index (χ2n) is 4.18. The van der Waals surface area contributed by atoms with E-state index >= 15 is 0 Å². The van der Waals surface area contributed by atoms with Crippen LogP contribution in [0, 0.1) is 29.1 Å². The molecule has 2 heteroatoms. The van der Waals surface area contributed by atoms with Crippen LogP contribution in [0.25, 0.3) is 0 Å². The largest absolute Gasteiger partial charge is 0.327 e. The van der Waals surface area contributed by atoms with Crippen LogP contribution in [-0.2, 0) is 0 Å². The Hall–Kier alpha value is -0.370. The second kappa shape index (κ2) is 2.31. The third kappa shape index (κ3) is 1.20. The van der Waals surface area contributed by atoms with Gasteiger partial charge in [-0.25, -0.2) is 0 Å². The second-order valence-corrected chi connectivity index (χ2v) is 4.18. The fraction of sp³-hybridized carbons (Fsp3) is 0.889. The maximum Gasteiger partial charge on any atom is 0.00774 e. The number of nitrogens with two attached hydrogens (primary N) is 1. The average Bonchev–Trinajstić information content (AvgIpc) is 2.80. The van der Waals surface area contributed by atoms with Crippen molar-refractivity contribution in [1.82, 2.24) is 0 Å². The number of rotatable bonds is 3. The van der Waals surface area contributed by atoms with E-state index in [9.17, 15) is 0 Å². The molecule has 0 aromatic heterocycles. The highest BCUT2D eigenvalue weighted by Crippen LogP contribution is 2.51. The zero-order valence-corrected chi connectivity index (χ0v) is 6.96. The minimum atomic E-state index is 0.411. The van der Waals surface area contributed by atoms with Crippen molar-refractivity contribution in [3.63, 3.8) is 0 Å². The van der Waals surface area contributed by atoms with E-state index in [2.05, 4.69) is 6.92 Å². The Morgan fingerprint density at radius 3 is 2.27 bits per heavy atom. The summed E-state index contributed by atoms with van der Waals surface area (Å²) in [6.45, 7) is 2.27. The van der Waals surface area contributed by atoms with Crippen molar-refractivity contribution in [3.8, 4) is 0 Å². The first-order valence-electron chi connectivity index (χ1n) is 4.50. The van der Waals surface area contributed by atoms with Crippen molar-refractivity contribution in [1.29, 1.82) is 5.41 Å². The van der Waals surface area contributed by atoms with Crippen LogP contribution in [0.5, 0.6) is 0 Å². The fourth-order valence-corrected chi connectivity index (χ4v) is 2.13. The van der Waals surface area contributed by atoms with E-state index in [1.807, 2.05) is 0 Å². The Morgan fingerprint density at radius 1 is 1.45 bits per heavy atom. The molecule has 0 spiro atoms. The molecule has 5 atom stereocenters. The molecule has 11 heavy (non-hydrogen) atoms. The molecule has 2 nitrogen and oxygen atoms in total. The predicted molar refractivity (Wildman–Crippen MR) is 45.6 cm³/mol. The van der Waals surface area contributed by atoms with Crippen molar-refractivity contribution in [2.24, 2.45) is 29.4 Å². The molecule has 3 N–H and O–H groups in total. The third-order valence-electron chi connectivity index (χ3n) is 3.24. The maximum absolute atomic E-state index is 7.30. The quantitative estimate of drug-likeness (QED) is 0.588. The highest BCUT2D eigenvalue weighted by atomic mass is 14.8. The first-order chi connectivity index (χ1) is 5.24. The van der Waals surface area contributed by atoms with Gasteiger partial charge in [0.1, 0.15) is 0 Å². The van der Waals surface area contributed by atoms with Crippen LogP contribution in [0.2, 0.25) is 0 Å². The summed E-state index contributed by atoms with van der Waals surface area (Å²) in [7, 11) is 0. The number of hydrogen-bond donors (Lipinski definition) is 2. The smallest absolute Gasteiger partial charge is 0.00774 e. The van der Waals surface area contributed by atoms with Crippen molar-refractivity contribution in [2.45, 2.75) is 25.8 Å². The molecule has 62 valence electrons. The van der Waals surface area contributed by atoms with Crippen LogP contribution in [-0.4, -0.2) is 12.3 Å². The molecule has 2 rings (SSSR count). The SMILES string of the molecule is C[C@H]1CC1[C@@H](C=N)C1C[C@H]1N. The Labute approximate surface area is 67.7 Å².